The number of rotatable bonds is 5. The van der Waals surface area contributed by atoms with Gasteiger partial charge in [0.25, 0.3) is 5.91 Å². The number of nitrogens with zero attached hydrogens (tertiary/aromatic N) is 3. The van der Waals surface area contributed by atoms with Gasteiger partial charge >= 0.3 is 0 Å². The fraction of sp³-hybridized carbons (Fsp3) is 0.200. The van der Waals surface area contributed by atoms with Crippen LogP contribution in [0.1, 0.15) is 34.6 Å². The number of hydrogen-bond donors (Lipinski definition) is 0. The number of benzene rings is 3. The molecule has 1 saturated carbocycles. The van der Waals surface area contributed by atoms with Gasteiger partial charge in [-0.2, -0.15) is 0 Å². The Bertz CT molecular complexity index is 1230. The van der Waals surface area contributed by atoms with Crippen LogP contribution in [0.5, 0.6) is 0 Å². The van der Waals surface area contributed by atoms with Gasteiger partial charge in [-0.25, -0.2) is 9.37 Å². The summed E-state index contributed by atoms with van der Waals surface area (Å²) in [5, 5.41) is 0. The van der Waals surface area contributed by atoms with E-state index in [1.165, 1.54) is 12.1 Å². The molecule has 0 aliphatic heterocycles. The van der Waals surface area contributed by atoms with E-state index in [2.05, 4.69) is 4.57 Å². The van der Waals surface area contributed by atoms with Crippen LogP contribution in [0.3, 0.4) is 0 Å². The Kier molecular flexibility index (Phi) is 4.58. The highest BCUT2D eigenvalue weighted by atomic mass is 19.1. The van der Waals surface area contributed by atoms with Gasteiger partial charge in [-0.05, 0) is 67.8 Å². The quantitative estimate of drug-likeness (QED) is 0.458. The van der Waals surface area contributed by atoms with E-state index in [1.807, 2.05) is 66.4 Å². The summed E-state index contributed by atoms with van der Waals surface area (Å²) in [6.45, 7) is 2.38. The van der Waals surface area contributed by atoms with Crippen molar-refractivity contribution in [2.24, 2.45) is 0 Å². The van der Waals surface area contributed by atoms with Gasteiger partial charge in [0.05, 0.1) is 11.0 Å². The minimum absolute atomic E-state index is 0.0319. The van der Waals surface area contributed by atoms with Crippen LogP contribution in [0.15, 0.2) is 72.8 Å². The van der Waals surface area contributed by atoms with Gasteiger partial charge in [-0.3, -0.25) is 9.36 Å². The van der Waals surface area contributed by atoms with Crippen molar-refractivity contribution < 1.29 is 9.18 Å². The SMILES string of the molecule is Cc1nc2cc(C(=O)N(Cc3cccc(F)c3)C3CC3)ccc2n1-c1ccccc1. The first-order chi connectivity index (χ1) is 14.6. The van der Waals surface area contributed by atoms with Gasteiger partial charge in [-0.15, -0.1) is 0 Å². The zero-order valence-corrected chi connectivity index (χ0v) is 16.8. The first kappa shape index (κ1) is 18.6. The molecule has 0 N–H and O–H groups in total. The van der Waals surface area contributed by atoms with Crippen LogP contribution >= 0.6 is 0 Å². The van der Waals surface area contributed by atoms with Crippen LogP contribution in [0, 0.1) is 12.7 Å². The van der Waals surface area contributed by atoms with E-state index < -0.39 is 0 Å². The zero-order valence-electron chi connectivity index (χ0n) is 16.8. The number of halogens is 1. The molecule has 1 aliphatic carbocycles. The molecular formula is C25H22FN3O. The Balaban J connectivity index is 1.48. The number of imidazole rings is 1. The molecule has 0 radical (unpaired) electrons. The smallest absolute Gasteiger partial charge is 0.254 e. The number of aromatic nitrogens is 2. The summed E-state index contributed by atoms with van der Waals surface area (Å²) in [5.74, 6) is 0.564. The van der Waals surface area contributed by atoms with Gasteiger partial charge < -0.3 is 4.90 Å². The number of carbonyl (C=O) groups is 1. The Morgan fingerprint density at radius 2 is 1.87 bits per heavy atom. The number of para-hydroxylation sites is 1. The third kappa shape index (κ3) is 3.47. The van der Waals surface area contributed by atoms with Crippen LogP contribution in [-0.2, 0) is 6.54 Å². The molecule has 1 amide bonds. The van der Waals surface area contributed by atoms with Crippen LogP contribution in [-0.4, -0.2) is 26.4 Å². The average Bonchev–Trinajstić information content (AvgIpc) is 3.53. The maximum Gasteiger partial charge on any atom is 0.254 e. The number of amides is 1. The van der Waals surface area contributed by atoms with Gasteiger partial charge in [0.2, 0.25) is 0 Å². The molecule has 0 atom stereocenters. The van der Waals surface area contributed by atoms with Gasteiger partial charge in [0, 0.05) is 23.8 Å². The Hall–Kier alpha value is -3.47. The van der Waals surface area contributed by atoms with Gasteiger partial charge in [-0.1, -0.05) is 30.3 Å². The number of aryl methyl sites for hydroxylation is 1. The maximum atomic E-state index is 13.6. The molecule has 0 saturated heterocycles. The summed E-state index contributed by atoms with van der Waals surface area (Å²) >= 11 is 0. The molecule has 1 heterocycles. The van der Waals surface area contributed by atoms with Crippen molar-refractivity contribution in [3.8, 4) is 5.69 Å². The molecule has 30 heavy (non-hydrogen) atoms. The average molecular weight is 399 g/mol. The van der Waals surface area contributed by atoms with E-state index in [0.717, 1.165) is 41.0 Å². The topological polar surface area (TPSA) is 38.1 Å². The summed E-state index contributed by atoms with van der Waals surface area (Å²) in [4.78, 5) is 19.9. The number of hydrogen-bond acceptors (Lipinski definition) is 2. The van der Waals surface area contributed by atoms with E-state index >= 15 is 0 Å². The lowest BCUT2D eigenvalue weighted by atomic mass is 10.1. The van der Waals surface area contributed by atoms with E-state index in [9.17, 15) is 9.18 Å². The monoisotopic (exact) mass is 399 g/mol. The lowest BCUT2D eigenvalue weighted by molar-refractivity contribution is 0.0730. The highest BCUT2D eigenvalue weighted by molar-refractivity contribution is 5.98. The minimum atomic E-state index is -0.279. The lowest BCUT2D eigenvalue weighted by Crippen LogP contribution is -2.32. The highest BCUT2D eigenvalue weighted by Gasteiger charge is 2.33. The highest BCUT2D eigenvalue weighted by Crippen LogP contribution is 2.31. The summed E-state index contributed by atoms with van der Waals surface area (Å²) in [5.41, 5.74) is 4.23. The maximum absolute atomic E-state index is 13.6. The van der Waals surface area contributed by atoms with Crippen molar-refractivity contribution >= 4 is 16.9 Å². The normalized spacial score (nSPS) is 13.5. The van der Waals surface area contributed by atoms with Crippen LogP contribution in [0.4, 0.5) is 4.39 Å². The molecule has 4 aromatic rings. The first-order valence-electron chi connectivity index (χ1n) is 10.2. The molecule has 3 aromatic carbocycles. The van der Waals surface area contributed by atoms with E-state index in [0.29, 0.717) is 12.1 Å². The second-order valence-electron chi connectivity index (χ2n) is 7.83. The van der Waals surface area contributed by atoms with Crippen LogP contribution < -0.4 is 0 Å². The van der Waals surface area contributed by atoms with Crippen molar-refractivity contribution in [2.75, 3.05) is 0 Å². The molecule has 1 aliphatic rings. The Morgan fingerprint density at radius 3 is 2.60 bits per heavy atom. The molecule has 1 aromatic heterocycles. The van der Waals surface area contributed by atoms with Crippen molar-refractivity contribution in [3.63, 3.8) is 0 Å². The lowest BCUT2D eigenvalue weighted by Gasteiger charge is -2.23. The fourth-order valence-electron chi connectivity index (χ4n) is 3.99. The molecule has 1 fully saturated rings. The number of fused-ring (bicyclic) bond motifs is 1. The Morgan fingerprint density at radius 1 is 1.07 bits per heavy atom. The molecule has 0 spiro atoms. The molecular weight excluding hydrogens is 377 g/mol. The molecule has 5 rings (SSSR count). The van der Waals surface area contributed by atoms with Crippen molar-refractivity contribution in [3.05, 3.63) is 95.6 Å². The second kappa shape index (κ2) is 7.41. The third-order valence-corrected chi connectivity index (χ3v) is 5.57. The molecule has 4 nitrogen and oxygen atoms in total. The second-order valence-corrected chi connectivity index (χ2v) is 7.83. The van der Waals surface area contributed by atoms with Crippen LogP contribution in [0.2, 0.25) is 0 Å². The van der Waals surface area contributed by atoms with Gasteiger partial charge in [0.1, 0.15) is 11.6 Å². The molecule has 0 bridgehead atoms. The zero-order chi connectivity index (χ0) is 20.7. The number of carbonyl (C=O) groups excluding carboxylic acids is 1. The largest absolute Gasteiger partial charge is 0.331 e. The standard InChI is InChI=1S/C25H22FN3O/c1-17-27-23-15-19(10-13-24(23)29(17)22-8-3-2-4-9-22)25(30)28(21-11-12-21)16-18-6-5-7-20(26)14-18/h2-10,13-15,21H,11-12,16H2,1H3. The van der Waals surface area contributed by atoms with E-state index in [4.69, 9.17) is 4.98 Å². The predicted molar refractivity (Wildman–Crippen MR) is 115 cm³/mol. The summed E-state index contributed by atoms with van der Waals surface area (Å²) in [7, 11) is 0. The predicted octanol–water partition coefficient (Wildman–Crippen LogP) is 5.28. The van der Waals surface area contributed by atoms with Gasteiger partial charge in [0.15, 0.2) is 0 Å². The third-order valence-electron chi connectivity index (χ3n) is 5.57. The molecule has 150 valence electrons. The summed E-state index contributed by atoms with van der Waals surface area (Å²) < 4.78 is 15.7. The van der Waals surface area contributed by atoms with Crippen LogP contribution in [0.25, 0.3) is 16.7 Å². The van der Waals surface area contributed by atoms with Crippen molar-refractivity contribution in [1.29, 1.82) is 0 Å². The Labute approximate surface area is 174 Å². The molecule has 5 heteroatoms. The summed E-state index contributed by atoms with van der Waals surface area (Å²) in [6, 6.07) is 22.5. The first-order valence-corrected chi connectivity index (χ1v) is 10.2. The summed E-state index contributed by atoms with van der Waals surface area (Å²) in [6.07, 6.45) is 1.98. The van der Waals surface area contributed by atoms with E-state index in [-0.39, 0.29) is 17.8 Å². The van der Waals surface area contributed by atoms with Crippen molar-refractivity contribution in [1.82, 2.24) is 14.5 Å². The van der Waals surface area contributed by atoms with E-state index in [1.54, 1.807) is 6.07 Å². The minimum Gasteiger partial charge on any atom is -0.331 e. The molecule has 0 unspecified atom stereocenters. The fourth-order valence-corrected chi connectivity index (χ4v) is 3.99. The van der Waals surface area contributed by atoms with Crippen molar-refractivity contribution in [2.45, 2.75) is 32.4 Å².